The van der Waals surface area contributed by atoms with E-state index in [1.54, 1.807) is 0 Å². The van der Waals surface area contributed by atoms with Crippen LogP contribution in [0, 0.1) is 0 Å². The van der Waals surface area contributed by atoms with Crippen LogP contribution in [-0.2, 0) is 0 Å². The van der Waals surface area contributed by atoms with Gasteiger partial charge in [0.2, 0.25) is 0 Å². The van der Waals surface area contributed by atoms with Crippen LogP contribution in [0.5, 0.6) is 0 Å². The van der Waals surface area contributed by atoms with Gasteiger partial charge in [-0.25, -0.2) is 0 Å². The molecule has 0 aliphatic heterocycles. The van der Waals surface area contributed by atoms with E-state index in [9.17, 15) is 0 Å². The van der Waals surface area contributed by atoms with Crippen LogP contribution >= 0.6 is 0 Å². The molecule has 0 heterocycles. The molecule has 0 aliphatic carbocycles. The summed E-state index contributed by atoms with van der Waals surface area (Å²) in [6.45, 7) is 0. The first-order chi connectivity index (χ1) is 12.9. The number of hydrogen-bond acceptors (Lipinski definition) is 0. The monoisotopic (exact) mass is 330 g/mol. The Morgan fingerprint density at radius 1 is 0.346 bits per heavy atom. The molecule has 5 aromatic rings. The molecule has 0 atom stereocenters. The molecule has 0 N–H and O–H groups in total. The summed E-state index contributed by atoms with van der Waals surface area (Å²) in [5.41, 5.74) is 5.05. The van der Waals surface area contributed by atoms with Gasteiger partial charge in [-0.2, -0.15) is 0 Å². The lowest BCUT2D eigenvalue weighted by molar-refractivity contribution is 1.62. The van der Waals surface area contributed by atoms with Gasteiger partial charge in [0, 0.05) is 0 Å². The molecule has 0 radical (unpaired) electrons. The van der Waals surface area contributed by atoms with Crippen LogP contribution in [-0.4, -0.2) is 0 Å². The van der Waals surface area contributed by atoms with E-state index in [0.29, 0.717) is 0 Å². The number of fused-ring (bicyclic) bond motifs is 2. The van der Waals surface area contributed by atoms with E-state index in [4.69, 9.17) is 0 Å². The maximum absolute atomic E-state index is 2.27. The lowest BCUT2D eigenvalue weighted by atomic mass is 9.95. The Kier molecular flexibility index (Phi) is 3.54. The van der Waals surface area contributed by atoms with Crippen molar-refractivity contribution in [1.29, 1.82) is 0 Å². The zero-order chi connectivity index (χ0) is 17.3. The third kappa shape index (κ3) is 2.57. The van der Waals surface area contributed by atoms with Gasteiger partial charge in [-0.15, -0.1) is 0 Å². The van der Waals surface area contributed by atoms with Gasteiger partial charge in [-0.1, -0.05) is 103 Å². The molecule has 5 aromatic carbocycles. The second-order valence-corrected chi connectivity index (χ2v) is 6.67. The van der Waals surface area contributed by atoms with Crippen molar-refractivity contribution >= 4 is 21.5 Å². The summed E-state index contributed by atoms with van der Waals surface area (Å²) in [7, 11) is 0. The second kappa shape index (κ2) is 6.16. The Balaban J connectivity index is 1.57. The quantitative estimate of drug-likeness (QED) is 0.318. The molecule has 0 unspecified atom stereocenters. The van der Waals surface area contributed by atoms with Gasteiger partial charge >= 0.3 is 0 Å². The Bertz CT molecular complexity index is 1210. The van der Waals surface area contributed by atoms with E-state index < -0.39 is 0 Å². The fourth-order valence-electron chi connectivity index (χ4n) is 3.69. The van der Waals surface area contributed by atoms with Gasteiger partial charge in [-0.05, 0) is 49.9 Å². The fourth-order valence-corrected chi connectivity index (χ4v) is 3.69. The summed E-state index contributed by atoms with van der Waals surface area (Å²) < 4.78 is 0. The molecular formula is C26H18. The SMILES string of the molecule is c1ccc2cc(-c3ccc(-c4cccc5ccccc45)cc3)ccc2c1. The zero-order valence-electron chi connectivity index (χ0n) is 14.4. The van der Waals surface area contributed by atoms with E-state index in [2.05, 4.69) is 109 Å². The van der Waals surface area contributed by atoms with E-state index in [0.717, 1.165) is 0 Å². The van der Waals surface area contributed by atoms with E-state index in [1.807, 2.05) is 0 Å². The van der Waals surface area contributed by atoms with Crippen molar-refractivity contribution in [2.75, 3.05) is 0 Å². The predicted molar refractivity (Wildman–Crippen MR) is 112 cm³/mol. The first kappa shape index (κ1) is 14.9. The average Bonchev–Trinajstić information content (AvgIpc) is 2.73. The van der Waals surface area contributed by atoms with Crippen molar-refractivity contribution in [3.05, 3.63) is 109 Å². The van der Waals surface area contributed by atoms with Gasteiger partial charge in [-0.3, -0.25) is 0 Å². The smallest absolute Gasteiger partial charge is 0.0105 e. The van der Waals surface area contributed by atoms with Crippen LogP contribution in [0.4, 0.5) is 0 Å². The van der Waals surface area contributed by atoms with Crippen molar-refractivity contribution in [3.63, 3.8) is 0 Å². The highest BCUT2D eigenvalue weighted by atomic mass is 14.1. The molecule has 0 amide bonds. The van der Waals surface area contributed by atoms with Gasteiger partial charge < -0.3 is 0 Å². The number of hydrogen-bond donors (Lipinski definition) is 0. The predicted octanol–water partition coefficient (Wildman–Crippen LogP) is 7.33. The minimum Gasteiger partial charge on any atom is -0.0616 e. The highest BCUT2D eigenvalue weighted by Crippen LogP contribution is 2.31. The van der Waals surface area contributed by atoms with Crippen LogP contribution in [0.15, 0.2) is 109 Å². The summed E-state index contributed by atoms with van der Waals surface area (Å²) >= 11 is 0. The van der Waals surface area contributed by atoms with Gasteiger partial charge in [0.15, 0.2) is 0 Å². The average molecular weight is 330 g/mol. The van der Waals surface area contributed by atoms with Crippen LogP contribution in [0.3, 0.4) is 0 Å². The van der Waals surface area contributed by atoms with Crippen molar-refractivity contribution in [1.82, 2.24) is 0 Å². The van der Waals surface area contributed by atoms with Gasteiger partial charge in [0.1, 0.15) is 0 Å². The number of rotatable bonds is 2. The molecular weight excluding hydrogens is 312 g/mol. The minimum absolute atomic E-state index is 1.25. The van der Waals surface area contributed by atoms with E-state index in [-0.39, 0.29) is 0 Å². The summed E-state index contributed by atoms with van der Waals surface area (Å²) in [5, 5.41) is 5.14. The molecule has 122 valence electrons. The molecule has 0 nitrogen and oxygen atoms in total. The van der Waals surface area contributed by atoms with Gasteiger partial charge in [0.05, 0.1) is 0 Å². The Labute approximate surface area is 153 Å². The van der Waals surface area contributed by atoms with Crippen LogP contribution in [0.1, 0.15) is 0 Å². The maximum Gasteiger partial charge on any atom is -0.0105 e. The number of benzene rings is 5. The first-order valence-corrected chi connectivity index (χ1v) is 8.96. The van der Waals surface area contributed by atoms with Crippen LogP contribution < -0.4 is 0 Å². The highest BCUT2D eigenvalue weighted by molar-refractivity contribution is 5.97. The van der Waals surface area contributed by atoms with Crippen molar-refractivity contribution in [2.45, 2.75) is 0 Å². The van der Waals surface area contributed by atoms with Crippen molar-refractivity contribution < 1.29 is 0 Å². The first-order valence-electron chi connectivity index (χ1n) is 8.96. The zero-order valence-corrected chi connectivity index (χ0v) is 14.4. The van der Waals surface area contributed by atoms with E-state index >= 15 is 0 Å². The highest BCUT2D eigenvalue weighted by Gasteiger charge is 2.05. The maximum atomic E-state index is 2.27. The van der Waals surface area contributed by atoms with E-state index in [1.165, 1.54) is 43.8 Å². The molecule has 0 aliphatic rings. The normalized spacial score (nSPS) is 11.1. The molecule has 0 aromatic heterocycles. The summed E-state index contributed by atoms with van der Waals surface area (Å²) in [6, 6.07) is 39.1. The Morgan fingerprint density at radius 3 is 1.81 bits per heavy atom. The summed E-state index contributed by atoms with van der Waals surface area (Å²) in [6.07, 6.45) is 0. The molecule has 0 fully saturated rings. The summed E-state index contributed by atoms with van der Waals surface area (Å²) in [5.74, 6) is 0. The molecule has 26 heavy (non-hydrogen) atoms. The fraction of sp³-hybridized carbons (Fsp3) is 0. The van der Waals surface area contributed by atoms with Crippen molar-refractivity contribution in [3.8, 4) is 22.3 Å². The Hall–Kier alpha value is -3.38. The van der Waals surface area contributed by atoms with Crippen molar-refractivity contribution in [2.24, 2.45) is 0 Å². The summed E-state index contributed by atoms with van der Waals surface area (Å²) in [4.78, 5) is 0. The lowest BCUT2D eigenvalue weighted by Gasteiger charge is -2.09. The van der Waals surface area contributed by atoms with Crippen LogP contribution in [0.25, 0.3) is 43.8 Å². The lowest BCUT2D eigenvalue weighted by Crippen LogP contribution is -1.83. The molecule has 0 bridgehead atoms. The topological polar surface area (TPSA) is 0 Å². The van der Waals surface area contributed by atoms with Crippen LogP contribution in [0.2, 0.25) is 0 Å². The molecule has 5 rings (SSSR count). The molecule has 0 spiro atoms. The minimum atomic E-state index is 1.25. The molecule has 0 saturated heterocycles. The standard InChI is InChI=1S/C26H18/c1-2-8-23-18-24(17-14-19(23)6-1)20-12-15-22(16-13-20)26-11-5-9-21-7-3-4-10-25(21)26/h1-18H. The molecule has 0 saturated carbocycles. The third-order valence-corrected chi connectivity index (χ3v) is 5.07. The third-order valence-electron chi connectivity index (χ3n) is 5.07. The largest absolute Gasteiger partial charge is 0.0616 e. The Morgan fingerprint density at radius 2 is 0.962 bits per heavy atom. The second-order valence-electron chi connectivity index (χ2n) is 6.67. The molecule has 0 heteroatoms. The van der Waals surface area contributed by atoms with Gasteiger partial charge in [0.25, 0.3) is 0 Å².